The molecule has 6 nitrogen and oxygen atoms in total. The zero-order chi connectivity index (χ0) is 15.7. The van der Waals surface area contributed by atoms with E-state index in [4.69, 9.17) is 9.88 Å². The highest BCUT2D eigenvalue weighted by Crippen LogP contribution is 2.23. The lowest BCUT2D eigenvalue weighted by Crippen LogP contribution is -2.27. The van der Waals surface area contributed by atoms with Crippen molar-refractivity contribution in [1.29, 1.82) is 0 Å². The van der Waals surface area contributed by atoms with E-state index in [0.717, 1.165) is 0 Å². The summed E-state index contributed by atoms with van der Waals surface area (Å²) in [5, 5.41) is 7.71. The third-order valence-electron chi connectivity index (χ3n) is 2.46. The van der Waals surface area contributed by atoms with Gasteiger partial charge in [0.15, 0.2) is 0 Å². The number of hydrogen-bond acceptors (Lipinski definition) is 4. The van der Waals surface area contributed by atoms with Gasteiger partial charge in [0, 0.05) is 5.69 Å². The second-order valence-electron chi connectivity index (χ2n) is 5.60. The van der Waals surface area contributed by atoms with E-state index in [2.05, 4.69) is 5.32 Å². The van der Waals surface area contributed by atoms with E-state index in [1.165, 1.54) is 6.07 Å². The Morgan fingerprint density at radius 3 is 2.20 bits per heavy atom. The first-order chi connectivity index (χ1) is 8.90. The molecule has 0 saturated heterocycles. The van der Waals surface area contributed by atoms with Gasteiger partial charge in [-0.15, -0.1) is 0 Å². The van der Waals surface area contributed by atoms with Gasteiger partial charge in [0.2, 0.25) is 10.0 Å². The lowest BCUT2D eigenvalue weighted by atomic mass is 10.1. The largest absolute Gasteiger partial charge is 0.444 e. The monoisotopic (exact) mass is 300 g/mol. The van der Waals surface area contributed by atoms with E-state index in [0.29, 0.717) is 16.8 Å². The van der Waals surface area contributed by atoms with Crippen molar-refractivity contribution in [2.75, 3.05) is 5.32 Å². The minimum absolute atomic E-state index is 0.0461. The van der Waals surface area contributed by atoms with Gasteiger partial charge in [-0.2, -0.15) is 0 Å². The van der Waals surface area contributed by atoms with Crippen molar-refractivity contribution in [3.63, 3.8) is 0 Å². The summed E-state index contributed by atoms with van der Waals surface area (Å²) in [5.74, 6) is 0. The van der Waals surface area contributed by atoms with Crippen LogP contribution in [0.4, 0.5) is 10.5 Å². The normalized spacial score (nSPS) is 12.1. The maximum atomic E-state index is 11.7. The van der Waals surface area contributed by atoms with Gasteiger partial charge in [0.1, 0.15) is 5.60 Å². The Balaban J connectivity index is 3.05. The maximum absolute atomic E-state index is 11.7. The highest BCUT2D eigenvalue weighted by molar-refractivity contribution is 7.89. The van der Waals surface area contributed by atoms with Crippen molar-refractivity contribution in [3.8, 4) is 0 Å². The molecule has 0 spiro atoms. The zero-order valence-corrected chi connectivity index (χ0v) is 13.1. The van der Waals surface area contributed by atoms with Crippen LogP contribution in [0.15, 0.2) is 17.0 Å². The third-order valence-corrected chi connectivity index (χ3v) is 3.52. The molecule has 1 aromatic rings. The van der Waals surface area contributed by atoms with E-state index >= 15 is 0 Å². The van der Waals surface area contributed by atoms with Crippen molar-refractivity contribution in [3.05, 3.63) is 23.3 Å². The van der Waals surface area contributed by atoms with Gasteiger partial charge in [-0.1, -0.05) is 0 Å². The molecule has 0 aliphatic heterocycles. The molecule has 0 aromatic heterocycles. The number of sulfonamides is 1. The number of rotatable bonds is 2. The second kappa shape index (κ2) is 5.41. The molecule has 0 bridgehead atoms. The molecule has 0 radical (unpaired) electrons. The average Bonchev–Trinajstić information content (AvgIpc) is 2.18. The predicted molar refractivity (Wildman–Crippen MR) is 77.1 cm³/mol. The molecule has 1 rings (SSSR count). The maximum Gasteiger partial charge on any atom is 0.412 e. The summed E-state index contributed by atoms with van der Waals surface area (Å²) >= 11 is 0. The number of hydrogen-bond donors (Lipinski definition) is 2. The fourth-order valence-corrected chi connectivity index (χ4v) is 2.49. The standard InChI is InChI=1S/C13H20N2O4S/c1-8-7-11(20(14,17)18)9(2)6-10(8)15-12(16)19-13(3,4)5/h6-7H,1-5H3,(H,15,16)(H2,14,17,18). The summed E-state index contributed by atoms with van der Waals surface area (Å²) < 4.78 is 27.9. The van der Waals surface area contributed by atoms with E-state index in [1.54, 1.807) is 40.7 Å². The minimum atomic E-state index is -3.77. The lowest BCUT2D eigenvalue weighted by Gasteiger charge is -2.20. The van der Waals surface area contributed by atoms with Gasteiger partial charge < -0.3 is 4.74 Å². The lowest BCUT2D eigenvalue weighted by molar-refractivity contribution is 0.0636. The van der Waals surface area contributed by atoms with Crippen LogP contribution in [0.25, 0.3) is 0 Å². The van der Waals surface area contributed by atoms with Gasteiger partial charge in [-0.3, -0.25) is 5.32 Å². The first-order valence-corrected chi connectivity index (χ1v) is 7.59. The van der Waals surface area contributed by atoms with Crippen LogP contribution in [0.5, 0.6) is 0 Å². The van der Waals surface area contributed by atoms with E-state index in [9.17, 15) is 13.2 Å². The number of anilines is 1. The molecule has 3 N–H and O–H groups in total. The van der Waals surface area contributed by atoms with Gasteiger partial charge in [-0.05, 0) is 57.9 Å². The molecule has 0 aliphatic rings. The van der Waals surface area contributed by atoms with Crippen LogP contribution in [0, 0.1) is 13.8 Å². The number of primary sulfonamides is 1. The molecule has 0 unspecified atom stereocenters. The quantitative estimate of drug-likeness (QED) is 0.875. The Morgan fingerprint density at radius 2 is 1.75 bits per heavy atom. The fourth-order valence-electron chi connectivity index (χ4n) is 1.64. The highest BCUT2D eigenvalue weighted by atomic mass is 32.2. The predicted octanol–water partition coefficient (Wildman–Crippen LogP) is 2.30. The molecular formula is C13H20N2O4S. The zero-order valence-electron chi connectivity index (χ0n) is 12.3. The Hall–Kier alpha value is -1.60. The van der Waals surface area contributed by atoms with Crippen LogP contribution < -0.4 is 10.5 Å². The number of aryl methyl sites for hydroxylation is 2. The van der Waals surface area contributed by atoms with E-state index < -0.39 is 21.7 Å². The molecule has 0 aliphatic carbocycles. The number of carbonyl (C=O) groups excluding carboxylic acids is 1. The first kappa shape index (κ1) is 16.5. The topological polar surface area (TPSA) is 98.5 Å². The number of ether oxygens (including phenoxy) is 1. The number of amides is 1. The van der Waals surface area contributed by atoms with Crippen molar-refractivity contribution in [1.82, 2.24) is 0 Å². The van der Waals surface area contributed by atoms with Gasteiger partial charge in [0.05, 0.1) is 4.90 Å². The molecule has 20 heavy (non-hydrogen) atoms. The van der Waals surface area contributed by atoms with Crippen molar-refractivity contribution in [2.24, 2.45) is 5.14 Å². The Labute approximate surface area is 119 Å². The summed E-state index contributed by atoms with van der Waals surface area (Å²) in [6.45, 7) is 8.57. The molecule has 0 saturated carbocycles. The van der Waals surface area contributed by atoms with Crippen LogP contribution in [0.1, 0.15) is 31.9 Å². The number of nitrogens with one attached hydrogen (secondary N) is 1. The average molecular weight is 300 g/mol. The van der Waals surface area contributed by atoms with Crippen molar-refractivity contribution < 1.29 is 17.9 Å². The fraction of sp³-hybridized carbons (Fsp3) is 0.462. The van der Waals surface area contributed by atoms with Crippen LogP contribution in [-0.4, -0.2) is 20.1 Å². The Morgan fingerprint density at radius 1 is 1.20 bits per heavy atom. The number of benzene rings is 1. The first-order valence-electron chi connectivity index (χ1n) is 6.04. The summed E-state index contributed by atoms with van der Waals surface area (Å²) in [4.78, 5) is 11.7. The van der Waals surface area contributed by atoms with Gasteiger partial charge >= 0.3 is 6.09 Å². The van der Waals surface area contributed by atoms with Crippen molar-refractivity contribution >= 4 is 21.8 Å². The van der Waals surface area contributed by atoms with Crippen LogP contribution in [0.3, 0.4) is 0 Å². The highest BCUT2D eigenvalue weighted by Gasteiger charge is 2.18. The SMILES string of the molecule is Cc1cc(S(N)(=O)=O)c(C)cc1NC(=O)OC(C)(C)C. The molecular weight excluding hydrogens is 280 g/mol. The summed E-state index contributed by atoms with van der Waals surface area (Å²) in [5.41, 5.74) is 0.937. The Bertz CT molecular complexity index is 631. The van der Waals surface area contributed by atoms with Gasteiger partial charge in [-0.25, -0.2) is 18.4 Å². The molecule has 1 aromatic carbocycles. The number of carbonyl (C=O) groups is 1. The molecule has 0 fully saturated rings. The molecule has 112 valence electrons. The van der Waals surface area contributed by atoms with Gasteiger partial charge in [0.25, 0.3) is 0 Å². The second-order valence-corrected chi connectivity index (χ2v) is 7.13. The third kappa shape index (κ3) is 4.50. The van der Waals surface area contributed by atoms with E-state index in [1.807, 2.05) is 0 Å². The molecule has 0 atom stereocenters. The van der Waals surface area contributed by atoms with Crippen LogP contribution in [0.2, 0.25) is 0 Å². The van der Waals surface area contributed by atoms with Crippen molar-refractivity contribution in [2.45, 2.75) is 45.1 Å². The summed E-state index contributed by atoms with van der Waals surface area (Å²) in [7, 11) is -3.77. The summed E-state index contributed by atoms with van der Waals surface area (Å²) in [6.07, 6.45) is -0.594. The smallest absolute Gasteiger partial charge is 0.412 e. The number of nitrogens with two attached hydrogens (primary N) is 1. The Kier molecular flexibility index (Phi) is 4.45. The molecule has 7 heteroatoms. The molecule has 0 heterocycles. The van der Waals surface area contributed by atoms with Crippen LogP contribution in [-0.2, 0) is 14.8 Å². The minimum Gasteiger partial charge on any atom is -0.444 e. The van der Waals surface area contributed by atoms with Crippen LogP contribution >= 0.6 is 0 Å². The van der Waals surface area contributed by atoms with E-state index in [-0.39, 0.29) is 4.90 Å². The molecule has 1 amide bonds. The summed E-state index contributed by atoms with van der Waals surface area (Å²) in [6, 6.07) is 2.98.